The van der Waals surface area contributed by atoms with Crippen LogP contribution in [0.1, 0.15) is 19.5 Å². The van der Waals surface area contributed by atoms with Crippen molar-refractivity contribution in [2.24, 2.45) is 16.7 Å². The van der Waals surface area contributed by atoms with Gasteiger partial charge in [-0.2, -0.15) is 0 Å². The third-order valence-corrected chi connectivity index (χ3v) is 6.96. The smallest absolute Gasteiger partial charge is 0.404 e. The van der Waals surface area contributed by atoms with Crippen molar-refractivity contribution in [3.05, 3.63) is 22.3 Å². The minimum atomic E-state index is -1.56. The average molecular weight is 543 g/mol. The van der Waals surface area contributed by atoms with Crippen molar-refractivity contribution in [2.45, 2.75) is 30.9 Å². The van der Waals surface area contributed by atoms with E-state index >= 15 is 0 Å². The maximum atomic E-state index is 13.1. The molecule has 36 heavy (non-hydrogen) atoms. The van der Waals surface area contributed by atoms with E-state index in [0.29, 0.717) is 0 Å². The van der Waals surface area contributed by atoms with Gasteiger partial charge >= 0.3 is 12.1 Å². The lowest BCUT2D eigenvalue weighted by Gasteiger charge is -2.49. The number of hydrazine groups is 1. The summed E-state index contributed by atoms with van der Waals surface area (Å²) in [7, 11) is 0. The van der Waals surface area contributed by atoms with Crippen LogP contribution in [-0.4, -0.2) is 79.9 Å². The van der Waals surface area contributed by atoms with Gasteiger partial charge in [0, 0.05) is 16.7 Å². The average Bonchev–Trinajstić information content (AvgIpc) is 3.25. The molecule has 1 saturated heterocycles. The van der Waals surface area contributed by atoms with Crippen molar-refractivity contribution >= 4 is 63.7 Å². The zero-order valence-electron chi connectivity index (χ0n) is 18.8. The number of fused-ring (bicyclic) bond motifs is 1. The predicted octanol–water partition coefficient (Wildman–Crippen LogP) is -1.95. The Morgan fingerprint density at radius 3 is 2.61 bits per heavy atom. The summed E-state index contributed by atoms with van der Waals surface area (Å²) in [5.41, 5.74) is 10.4. The third-order valence-electron chi connectivity index (χ3n) is 4.95. The van der Waals surface area contributed by atoms with Crippen LogP contribution in [0.5, 0.6) is 0 Å². The Bertz CT molecular complexity index is 1180. The summed E-state index contributed by atoms with van der Waals surface area (Å²) in [6.45, 7) is 2.31. The molecule has 3 rings (SSSR count). The second kappa shape index (κ2) is 10.4. The number of nitrogen functional groups attached to an aromatic ring is 1. The number of β-lactam (4-membered cyclic amide) rings is 1. The summed E-state index contributed by atoms with van der Waals surface area (Å²) >= 11 is 2.17. The molecule has 0 aromatic carbocycles. The van der Waals surface area contributed by atoms with Crippen LogP contribution in [0.15, 0.2) is 21.8 Å². The maximum Gasteiger partial charge on any atom is 0.404 e. The summed E-state index contributed by atoms with van der Waals surface area (Å²) < 4.78 is 4.67. The molecule has 2 aliphatic heterocycles. The zero-order valence-corrected chi connectivity index (χ0v) is 20.5. The fourth-order valence-electron chi connectivity index (χ4n) is 3.14. The molecule has 1 aromatic rings. The first-order chi connectivity index (χ1) is 16.9. The van der Waals surface area contributed by atoms with Crippen LogP contribution in [0.4, 0.5) is 9.93 Å². The summed E-state index contributed by atoms with van der Waals surface area (Å²) in [5, 5.41) is 16.7. The van der Waals surface area contributed by atoms with Gasteiger partial charge < -0.3 is 31.5 Å². The van der Waals surface area contributed by atoms with Gasteiger partial charge in [0.2, 0.25) is 5.60 Å². The minimum absolute atomic E-state index is 0.0240. The number of aromatic nitrogens is 1. The summed E-state index contributed by atoms with van der Waals surface area (Å²) in [6.07, 6.45) is -1.09. The molecule has 0 saturated carbocycles. The Hall–Kier alpha value is -3.90. The highest BCUT2D eigenvalue weighted by molar-refractivity contribution is 8.00. The SMILES string of the molecule is CC(C)(O/N=C(\C(=O)NC1C(=O)N2C(C(=O)O)=C(COC(N)=O)CS[C@H]12)c1csc(N)n1)C(=O)NN. The Morgan fingerprint density at radius 2 is 2.06 bits per heavy atom. The van der Waals surface area contributed by atoms with E-state index in [9.17, 15) is 29.1 Å². The van der Waals surface area contributed by atoms with Crippen LogP contribution in [0.2, 0.25) is 0 Å². The van der Waals surface area contributed by atoms with E-state index in [1.54, 1.807) is 0 Å². The van der Waals surface area contributed by atoms with Crippen LogP contribution in [0, 0.1) is 0 Å². The summed E-state index contributed by atoms with van der Waals surface area (Å²) in [4.78, 5) is 70.7. The number of nitrogens with two attached hydrogens (primary N) is 3. The van der Waals surface area contributed by atoms with E-state index in [1.807, 2.05) is 5.43 Å². The van der Waals surface area contributed by atoms with Crippen molar-refractivity contribution in [3.63, 3.8) is 0 Å². The van der Waals surface area contributed by atoms with E-state index in [-0.39, 0.29) is 33.6 Å². The topological polar surface area (TPSA) is 255 Å². The molecule has 4 amide bonds. The second-order valence-electron chi connectivity index (χ2n) is 7.81. The number of anilines is 1. The first-order valence-electron chi connectivity index (χ1n) is 9.99. The van der Waals surface area contributed by atoms with Crippen molar-refractivity contribution in [2.75, 3.05) is 18.1 Å². The molecule has 16 nitrogen and oxygen atoms in total. The summed E-state index contributed by atoms with van der Waals surface area (Å²) in [6, 6.07) is -1.11. The number of carboxylic acid groups (broad SMARTS) is 1. The molecule has 0 aliphatic carbocycles. The highest BCUT2D eigenvalue weighted by Crippen LogP contribution is 2.40. The molecule has 0 radical (unpaired) electrons. The molecule has 9 N–H and O–H groups in total. The number of amides is 4. The number of hydrogen-bond acceptors (Lipinski definition) is 13. The lowest BCUT2D eigenvalue weighted by Crippen LogP contribution is -2.71. The first kappa shape index (κ1) is 26.7. The van der Waals surface area contributed by atoms with Crippen LogP contribution in [0.25, 0.3) is 0 Å². The van der Waals surface area contributed by atoms with Gasteiger partial charge in [0.25, 0.3) is 17.7 Å². The molecule has 0 spiro atoms. The van der Waals surface area contributed by atoms with Gasteiger partial charge in [-0.1, -0.05) is 5.16 Å². The number of nitrogens with zero attached hydrogens (tertiary/aromatic N) is 3. The Morgan fingerprint density at radius 1 is 1.36 bits per heavy atom. The number of primary amides is 1. The number of rotatable bonds is 9. The zero-order chi connectivity index (χ0) is 26.8. The lowest BCUT2D eigenvalue weighted by atomic mass is 10.0. The van der Waals surface area contributed by atoms with Gasteiger partial charge in [0.15, 0.2) is 10.8 Å². The molecule has 194 valence electrons. The molecular weight excluding hydrogens is 520 g/mol. The fraction of sp³-hybridized carbons (Fsp3) is 0.389. The molecular formula is C18H22N8O8S2. The number of hydrogen-bond donors (Lipinski definition) is 6. The first-order valence-corrected chi connectivity index (χ1v) is 11.9. The molecule has 1 unspecified atom stereocenters. The number of nitrogens with one attached hydrogen (secondary N) is 2. The summed E-state index contributed by atoms with van der Waals surface area (Å²) in [5.74, 6) is 1.50. The van der Waals surface area contributed by atoms with E-state index < -0.39 is 53.4 Å². The standard InChI is InChI=1S/C18H22N8O8S2/c1-18(2,15(31)24-21)34-25-8(7-5-36-16(19)22-7)11(27)23-9-12(28)26-10(14(29)30)6(3-33-17(20)32)4-35-13(9)26/h5,9,13H,3-4,21H2,1-2H3,(H2,19,22)(H2,20,32)(H,23,27)(H,24,31)(H,29,30)/b25-8-/t9?,13-/m1/s1. The monoisotopic (exact) mass is 542 g/mol. The van der Waals surface area contributed by atoms with Crippen molar-refractivity contribution < 1.29 is 38.7 Å². The fourth-order valence-corrected chi connectivity index (χ4v) is 5.01. The number of carbonyl (C=O) groups excluding carboxylic acids is 4. The van der Waals surface area contributed by atoms with Gasteiger partial charge in [-0.3, -0.25) is 24.7 Å². The molecule has 18 heteroatoms. The number of ether oxygens (including phenoxy) is 1. The van der Waals surface area contributed by atoms with Crippen LogP contribution in [-0.2, 0) is 28.8 Å². The third kappa shape index (κ3) is 5.34. The number of thiazole rings is 1. The van der Waals surface area contributed by atoms with Crippen molar-refractivity contribution in [1.82, 2.24) is 20.6 Å². The van der Waals surface area contributed by atoms with Gasteiger partial charge in [-0.25, -0.2) is 20.4 Å². The predicted molar refractivity (Wildman–Crippen MR) is 126 cm³/mol. The highest BCUT2D eigenvalue weighted by Gasteiger charge is 2.54. The number of oxime groups is 1. The normalized spacial score (nSPS) is 19.7. The molecule has 2 aliphatic rings. The molecule has 3 heterocycles. The number of thioether (sulfide) groups is 1. The quantitative estimate of drug-likeness (QED) is 0.0654. The highest BCUT2D eigenvalue weighted by atomic mass is 32.2. The van der Waals surface area contributed by atoms with Gasteiger partial charge in [-0.05, 0) is 13.8 Å². The molecule has 2 atom stereocenters. The Balaban J connectivity index is 1.82. The van der Waals surface area contributed by atoms with Gasteiger partial charge in [-0.15, -0.1) is 23.1 Å². The lowest BCUT2D eigenvalue weighted by molar-refractivity contribution is -0.150. The van der Waals surface area contributed by atoms with E-state index in [1.165, 1.54) is 19.2 Å². The van der Waals surface area contributed by atoms with Crippen molar-refractivity contribution in [3.8, 4) is 0 Å². The van der Waals surface area contributed by atoms with Crippen LogP contribution in [0.3, 0.4) is 0 Å². The largest absolute Gasteiger partial charge is 0.477 e. The minimum Gasteiger partial charge on any atom is -0.477 e. The van der Waals surface area contributed by atoms with Gasteiger partial charge in [0.05, 0.1) is 0 Å². The Kier molecular flexibility index (Phi) is 7.70. The maximum absolute atomic E-state index is 13.1. The second-order valence-corrected chi connectivity index (χ2v) is 9.81. The van der Waals surface area contributed by atoms with Crippen LogP contribution < -0.4 is 28.1 Å². The van der Waals surface area contributed by atoms with E-state index in [0.717, 1.165) is 28.0 Å². The molecule has 1 fully saturated rings. The molecule has 0 bridgehead atoms. The molecule has 1 aromatic heterocycles. The van der Waals surface area contributed by atoms with E-state index in [4.69, 9.17) is 22.1 Å². The number of aliphatic carboxylic acids is 1. The van der Waals surface area contributed by atoms with Gasteiger partial charge in [0.1, 0.15) is 29.4 Å². The van der Waals surface area contributed by atoms with Crippen LogP contribution >= 0.6 is 23.1 Å². The van der Waals surface area contributed by atoms with Crippen molar-refractivity contribution in [1.29, 1.82) is 0 Å². The Labute approximate surface area is 211 Å². The number of carbonyl (C=O) groups is 5. The van der Waals surface area contributed by atoms with E-state index in [2.05, 4.69) is 20.2 Å². The number of carboxylic acids is 1.